The molecule has 1 aliphatic heterocycles. The smallest absolute Gasteiger partial charge is 0.335 e. The summed E-state index contributed by atoms with van der Waals surface area (Å²) in [6.07, 6.45) is 4.73. The van der Waals surface area contributed by atoms with Crippen molar-refractivity contribution < 1.29 is 9.18 Å². The van der Waals surface area contributed by atoms with E-state index < -0.39 is 23.0 Å². The Bertz CT molecular complexity index is 1950. The average molecular weight is 583 g/mol. The van der Waals surface area contributed by atoms with Gasteiger partial charge in [-0.05, 0) is 81.9 Å². The van der Waals surface area contributed by atoms with E-state index in [4.69, 9.17) is 5.73 Å². The maximum absolute atomic E-state index is 13.9. The molecule has 1 amide bonds. The summed E-state index contributed by atoms with van der Waals surface area (Å²) in [5, 5.41) is 7.26. The quantitative estimate of drug-likeness (QED) is 0.313. The van der Waals surface area contributed by atoms with Crippen molar-refractivity contribution in [3.63, 3.8) is 0 Å². The number of hydrogen-bond acceptors (Lipinski definition) is 7. The highest BCUT2D eigenvalue weighted by molar-refractivity contribution is 6.04. The van der Waals surface area contributed by atoms with Crippen molar-refractivity contribution in [2.24, 2.45) is 0 Å². The molecular weight excluding hydrogens is 551 g/mol. The number of anilines is 2. The van der Waals surface area contributed by atoms with E-state index in [1.165, 1.54) is 35.3 Å². The Morgan fingerprint density at radius 3 is 2.53 bits per heavy atom. The molecule has 0 bridgehead atoms. The molecule has 2 aromatic carbocycles. The molecule has 0 saturated carbocycles. The highest BCUT2D eigenvalue weighted by atomic mass is 19.1. The summed E-state index contributed by atoms with van der Waals surface area (Å²) < 4.78 is 17.8. The third-order valence-electron chi connectivity index (χ3n) is 8.01. The van der Waals surface area contributed by atoms with Crippen molar-refractivity contribution in [2.75, 3.05) is 31.2 Å². The molecule has 0 spiro atoms. The van der Waals surface area contributed by atoms with Gasteiger partial charge in [-0.15, -0.1) is 0 Å². The first-order chi connectivity index (χ1) is 20.7. The Kier molecular flexibility index (Phi) is 7.36. The summed E-state index contributed by atoms with van der Waals surface area (Å²) in [6, 6.07) is 14.4. The Labute approximate surface area is 246 Å². The molecule has 1 aliphatic rings. The predicted octanol–water partition coefficient (Wildman–Crippen LogP) is 3.51. The van der Waals surface area contributed by atoms with Crippen LogP contribution in [0.1, 0.15) is 41.7 Å². The summed E-state index contributed by atoms with van der Waals surface area (Å²) in [5.41, 5.74) is 8.62. The van der Waals surface area contributed by atoms with E-state index in [0.717, 1.165) is 58.9 Å². The Morgan fingerprint density at radius 1 is 1.09 bits per heavy atom. The van der Waals surface area contributed by atoms with Crippen LogP contribution in [0, 0.1) is 5.82 Å². The van der Waals surface area contributed by atoms with E-state index in [0.29, 0.717) is 17.4 Å². The second-order valence-corrected chi connectivity index (χ2v) is 10.7. The number of nitrogens with one attached hydrogen (secondary N) is 1. The van der Waals surface area contributed by atoms with Gasteiger partial charge < -0.3 is 16.0 Å². The molecule has 0 unspecified atom stereocenters. The Morgan fingerprint density at radius 2 is 1.84 bits per heavy atom. The number of rotatable bonds is 6. The van der Waals surface area contributed by atoms with Gasteiger partial charge in [0.2, 0.25) is 0 Å². The first-order valence-corrected chi connectivity index (χ1v) is 14.1. The summed E-state index contributed by atoms with van der Waals surface area (Å²) in [5.74, 6) is -0.582. The van der Waals surface area contributed by atoms with Gasteiger partial charge in [-0.3, -0.25) is 14.2 Å². The fourth-order valence-corrected chi connectivity index (χ4v) is 5.67. The van der Waals surface area contributed by atoms with Gasteiger partial charge in [0.25, 0.3) is 11.5 Å². The number of fused-ring (bicyclic) bond motifs is 1. The van der Waals surface area contributed by atoms with Gasteiger partial charge in [0.15, 0.2) is 5.82 Å². The lowest BCUT2D eigenvalue weighted by Crippen LogP contribution is -2.42. The number of carbonyl (C=O) groups excluding carboxylic acids is 1. The third-order valence-corrected chi connectivity index (χ3v) is 8.01. The second kappa shape index (κ2) is 11.3. The van der Waals surface area contributed by atoms with Crippen LogP contribution in [0.5, 0.6) is 0 Å². The first-order valence-electron chi connectivity index (χ1n) is 14.1. The molecule has 1 saturated heterocycles. The number of nitrogens with two attached hydrogens (primary N) is 1. The van der Waals surface area contributed by atoms with Gasteiger partial charge in [0.1, 0.15) is 23.2 Å². The number of aryl methyl sites for hydroxylation is 1. The van der Waals surface area contributed by atoms with Crippen molar-refractivity contribution in [1.29, 1.82) is 0 Å². The number of benzene rings is 2. The maximum Gasteiger partial charge on any atom is 0.335 e. The number of carbonyl (C=O) groups is 1. The maximum atomic E-state index is 13.9. The van der Waals surface area contributed by atoms with E-state index in [2.05, 4.69) is 33.4 Å². The molecule has 43 heavy (non-hydrogen) atoms. The summed E-state index contributed by atoms with van der Waals surface area (Å²) >= 11 is 0. The van der Waals surface area contributed by atoms with E-state index >= 15 is 0 Å². The highest BCUT2D eigenvalue weighted by Crippen LogP contribution is 2.36. The number of piperidine rings is 1. The third kappa shape index (κ3) is 5.21. The lowest BCUT2D eigenvalue weighted by Gasteiger charge is -2.28. The van der Waals surface area contributed by atoms with Crippen molar-refractivity contribution >= 4 is 22.9 Å². The van der Waals surface area contributed by atoms with Gasteiger partial charge >= 0.3 is 5.69 Å². The minimum Gasteiger partial charge on any atom is -0.382 e. The summed E-state index contributed by atoms with van der Waals surface area (Å²) in [7, 11) is 2.12. The number of hydrogen-bond donors (Lipinski definition) is 2. The molecule has 1 fully saturated rings. The number of amides is 1. The van der Waals surface area contributed by atoms with Crippen LogP contribution in [0.2, 0.25) is 0 Å². The van der Waals surface area contributed by atoms with Gasteiger partial charge in [-0.2, -0.15) is 5.10 Å². The van der Waals surface area contributed by atoms with Gasteiger partial charge in [0, 0.05) is 35.6 Å². The van der Waals surface area contributed by atoms with Gasteiger partial charge in [-0.1, -0.05) is 18.2 Å². The van der Waals surface area contributed by atoms with Crippen LogP contribution in [-0.4, -0.2) is 54.7 Å². The second-order valence-electron chi connectivity index (χ2n) is 10.7. The van der Waals surface area contributed by atoms with Crippen LogP contribution in [0.25, 0.3) is 22.3 Å². The fraction of sp³-hybridized carbons (Fsp3) is 0.258. The largest absolute Gasteiger partial charge is 0.382 e. The Balaban J connectivity index is 1.32. The number of aromatic nitrogens is 5. The first kappa shape index (κ1) is 28.0. The van der Waals surface area contributed by atoms with E-state index in [9.17, 15) is 18.8 Å². The minimum absolute atomic E-state index is 0.0406. The zero-order valence-electron chi connectivity index (χ0n) is 23.8. The molecule has 5 aromatic rings. The fourth-order valence-electron chi connectivity index (χ4n) is 5.67. The molecule has 3 N–H and O–H groups in total. The Hall–Kier alpha value is -5.10. The van der Waals surface area contributed by atoms with Crippen LogP contribution < -0.4 is 22.3 Å². The molecule has 0 aliphatic carbocycles. The average Bonchev–Trinajstić information content (AvgIpc) is 3.39. The SMILES string of the molecule is CCn1cc(C(=O)Nc2ccc(-c3cc(C4CCN(C)CC4)n4ncnc(N)c34)cc2)c(=O)n(-c2cccc(F)c2)c1=O. The lowest BCUT2D eigenvalue weighted by atomic mass is 9.93. The van der Waals surface area contributed by atoms with Crippen molar-refractivity contribution in [1.82, 2.24) is 28.6 Å². The molecular formula is C31H31FN8O3. The molecule has 0 radical (unpaired) electrons. The van der Waals surface area contributed by atoms with Crippen molar-refractivity contribution in [3.05, 3.63) is 105 Å². The van der Waals surface area contributed by atoms with Gasteiger partial charge in [-0.25, -0.2) is 23.3 Å². The molecule has 3 aromatic heterocycles. The summed E-state index contributed by atoms with van der Waals surface area (Å²) in [4.78, 5) is 46.0. The summed E-state index contributed by atoms with van der Waals surface area (Å²) in [6.45, 7) is 3.93. The highest BCUT2D eigenvalue weighted by Gasteiger charge is 2.25. The zero-order valence-corrected chi connectivity index (χ0v) is 23.8. The number of nitrogen functional groups attached to an aromatic ring is 1. The molecule has 6 rings (SSSR count). The monoisotopic (exact) mass is 582 g/mol. The number of likely N-dealkylation sites (tertiary alicyclic amines) is 1. The van der Waals surface area contributed by atoms with E-state index in [1.807, 2.05) is 16.6 Å². The zero-order chi connectivity index (χ0) is 30.2. The van der Waals surface area contributed by atoms with Crippen LogP contribution in [-0.2, 0) is 6.54 Å². The van der Waals surface area contributed by atoms with Gasteiger partial charge in [0.05, 0.1) is 5.69 Å². The van der Waals surface area contributed by atoms with E-state index in [-0.39, 0.29) is 17.8 Å². The van der Waals surface area contributed by atoms with Crippen LogP contribution in [0.15, 0.2) is 76.7 Å². The van der Waals surface area contributed by atoms with E-state index in [1.54, 1.807) is 19.1 Å². The molecule has 4 heterocycles. The predicted molar refractivity (Wildman–Crippen MR) is 162 cm³/mol. The molecule has 11 nitrogen and oxygen atoms in total. The van der Waals surface area contributed by atoms with Crippen molar-refractivity contribution in [3.8, 4) is 16.8 Å². The minimum atomic E-state index is -0.841. The van der Waals surface area contributed by atoms with Crippen molar-refractivity contribution in [2.45, 2.75) is 32.2 Å². The van der Waals surface area contributed by atoms with Crippen LogP contribution in [0.3, 0.4) is 0 Å². The molecule has 12 heteroatoms. The standard InChI is InChI=1S/C31H31FN8O3/c1-3-38-17-25(30(42)39(31(38)43)23-6-4-5-21(32)15-23)29(41)36-22-9-7-19(8-10-22)24-16-26(20-11-13-37(2)14-12-20)40-27(24)28(33)34-18-35-40/h4-10,15-18,20H,3,11-14H2,1-2H3,(H,36,41)(H2,33,34,35). The number of halogens is 1. The topological polar surface area (TPSA) is 133 Å². The van der Waals surface area contributed by atoms with Crippen LogP contribution >= 0.6 is 0 Å². The molecule has 0 atom stereocenters. The number of nitrogens with zero attached hydrogens (tertiary/aromatic N) is 6. The van der Waals surface area contributed by atoms with Crippen LogP contribution in [0.4, 0.5) is 15.9 Å². The molecule has 220 valence electrons. The normalized spacial score (nSPS) is 14.3. The lowest BCUT2D eigenvalue weighted by molar-refractivity contribution is 0.102.